The lowest BCUT2D eigenvalue weighted by Crippen LogP contribution is -2.21. The highest BCUT2D eigenvalue weighted by molar-refractivity contribution is 7.22. The van der Waals surface area contributed by atoms with Gasteiger partial charge >= 0.3 is 0 Å². The summed E-state index contributed by atoms with van der Waals surface area (Å²) in [6, 6.07) is 11.2. The molecule has 124 valence electrons. The van der Waals surface area contributed by atoms with Crippen molar-refractivity contribution in [2.24, 2.45) is 5.84 Å². The summed E-state index contributed by atoms with van der Waals surface area (Å²) in [7, 11) is 0. The molecule has 0 aliphatic carbocycles. The second-order valence-electron chi connectivity index (χ2n) is 5.35. The highest BCUT2D eigenvalue weighted by Gasteiger charge is 2.14. The Bertz CT molecular complexity index is 877. The van der Waals surface area contributed by atoms with Crippen LogP contribution >= 0.6 is 11.3 Å². The predicted molar refractivity (Wildman–Crippen MR) is 97.5 cm³/mol. The molecule has 3 rings (SSSR count). The molecule has 2 aromatic carbocycles. The van der Waals surface area contributed by atoms with E-state index in [4.69, 9.17) is 10.6 Å². The van der Waals surface area contributed by atoms with Crippen LogP contribution in [0, 0.1) is 13.8 Å². The van der Waals surface area contributed by atoms with Gasteiger partial charge in [0.05, 0.1) is 10.2 Å². The molecule has 0 fully saturated rings. The molecule has 0 aliphatic heterocycles. The molecule has 0 bridgehead atoms. The van der Waals surface area contributed by atoms with E-state index < -0.39 is 0 Å². The Balaban J connectivity index is 1.77. The normalized spacial score (nSPS) is 10.6. The van der Waals surface area contributed by atoms with Crippen molar-refractivity contribution in [1.82, 2.24) is 4.98 Å². The van der Waals surface area contributed by atoms with Gasteiger partial charge in [-0.3, -0.25) is 10.2 Å². The lowest BCUT2D eigenvalue weighted by atomic mass is 10.1. The Labute approximate surface area is 143 Å². The summed E-state index contributed by atoms with van der Waals surface area (Å²) in [5.74, 6) is 5.89. The quantitative estimate of drug-likeness (QED) is 0.489. The number of amides is 1. The van der Waals surface area contributed by atoms with Crippen LogP contribution in [-0.2, 0) is 4.79 Å². The number of fused-ring (bicyclic) bond motifs is 1. The number of para-hydroxylation sites is 1. The fourth-order valence-corrected chi connectivity index (χ4v) is 3.34. The number of anilines is 2. The van der Waals surface area contributed by atoms with Crippen molar-refractivity contribution >= 4 is 38.3 Å². The van der Waals surface area contributed by atoms with E-state index in [1.165, 1.54) is 11.3 Å². The molecule has 1 aromatic heterocycles. The lowest BCUT2D eigenvalue weighted by Gasteiger charge is -2.13. The third-order valence-corrected chi connectivity index (χ3v) is 4.74. The van der Waals surface area contributed by atoms with E-state index in [9.17, 15) is 4.79 Å². The summed E-state index contributed by atoms with van der Waals surface area (Å²) in [5.41, 5.74) is 6.13. The first-order valence-electron chi connectivity index (χ1n) is 7.43. The first-order chi connectivity index (χ1) is 11.6. The van der Waals surface area contributed by atoms with Crippen LogP contribution in [0.4, 0.5) is 10.8 Å². The average molecular weight is 342 g/mol. The summed E-state index contributed by atoms with van der Waals surface area (Å²) in [4.78, 5) is 16.6. The number of rotatable bonds is 5. The lowest BCUT2D eigenvalue weighted by molar-refractivity contribution is -0.118. The summed E-state index contributed by atoms with van der Waals surface area (Å²) < 4.78 is 6.47. The number of hydrazine groups is 1. The molecule has 6 nitrogen and oxygen atoms in total. The minimum Gasteiger partial charge on any atom is -0.484 e. The number of nitrogens with one attached hydrogen (secondary N) is 2. The van der Waals surface area contributed by atoms with Gasteiger partial charge in [-0.1, -0.05) is 29.5 Å². The zero-order chi connectivity index (χ0) is 17.1. The van der Waals surface area contributed by atoms with Gasteiger partial charge in [0.2, 0.25) is 0 Å². The number of ether oxygens (including phenoxy) is 1. The van der Waals surface area contributed by atoms with Crippen molar-refractivity contribution in [1.29, 1.82) is 0 Å². The molecule has 7 heteroatoms. The highest BCUT2D eigenvalue weighted by atomic mass is 32.1. The van der Waals surface area contributed by atoms with Gasteiger partial charge in [-0.2, -0.15) is 0 Å². The monoisotopic (exact) mass is 342 g/mol. The summed E-state index contributed by atoms with van der Waals surface area (Å²) in [5, 5.41) is 3.57. The Morgan fingerprint density at radius 1 is 1.29 bits per heavy atom. The van der Waals surface area contributed by atoms with Crippen molar-refractivity contribution in [3.63, 3.8) is 0 Å². The molecular weight excluding hydrogens is 324 g/mol. The number of hydrogen-bond acceptors (Lipinski definition) is 6. The SMILES string of the molecule is Cc1cc2nc(NN)sc2c(C)c1NC(=O)COc1ccccc1. The van der Waals surface area contributed by atoms with Gasteiger partial charge in [-0.15, -0.1) is 0 Å². The summed E-state index contributed by atoms with van der Waals surface area (Å²) in [6.45, 7) is 3.86. The number of carbonyl (C=O) groups excluding carboxylic acids is 1. The largest absolute Gasteiger partial charge is 0.484 e. The van der Waals surface area contributed by atoms with Crippen molar-refractivity contribution in [2.75, 3.05) is 17.3 Å². The number of carbonyl (C=O) groups is 1. The third kappa shape index (κ3) is 3.32. The molecule has 0 atom stereocenters. The molecule has 4 N–H and O–H groups in total. The van der Waals surface area contributed by atoms with Crippen LogP contribution in [0.5, 0.6) is 5.75 Å². The topological polar surface area (TPSA) is 89.3 Å². The van der Waals surface area contributed by atoms with Crippen molar-refractivity contribution in [2.45, 2.75) is 13.8 Å². The van der Waals surface area contributed by atoms with Gasteiger partial charge in [-0.25, -0.2) is 10.8 Å². The minimum atomic E-state index is -0.203. The van der Waals surface area contributed by atoms with E-state index in [-0.39, 0.29) is 12.5 Å². The van der Waals surface area contributed by atoms with Crippen LogP contribution in [0.25, 0.3) is 10.2 Å². The molecule has 3 aromatic rings. The Hall–Kier alpha value is -2.64. The molecule has 0 saturated heterocycles. The van der Waals surface area contributed by atoms with Crippen LogP contribution in [0.15, 0.2) is 36.4 Å². The second kappa shape index (κ2) is 6.86. The first-order valence-corrected chi connectivity index (χ1v) is 8.25. The number of aromatic nitrogens is 1. The number of thiazole rings is 1. The van der Waals surface area contributed by atoms with E-state index in [0.29, 0.717) is 10.9 Å². The zero-order valence-electron chi connectivity index (χ0n) is 13.4. The van der Waals surface area contributed by atoms with Crippen LogP contribution in [0.1, 0.15) is 11.1 Å². The molecule has 0 radical (unpaired) electrons. The Morgan fingerprint density at radius 3 is 2.75 bits per heavy atom. The number of nitrogens with zero attached hydrogens (tertiary/aromatic N) is 1. The van der Waals surface area contributed by atoms with Gasteiger partial charge in [0.25, 0.3) is 5.91 Å². The van der Waals surface area contributed by atoms with Crippen LogP contribution in [-0.4, -0.2) is 17.5 Å². The standard InChI is InChI=1S/C17H18N4O2S/c1-10-8-13-16(24-17(19-13)21-18)11(2)15(10)20-14(22)9-23-12-6-4-3-5-7-12/h3-8H,9,18H2,1-2H3,(H,19,21)(H,20,22). The number of nitrogens with two attached hydrogens (primary N) is 1. The van der Waals surface area contributed by atoms with Gasteiger partial charge in [0, 0.05) is 5.69 Å². The minimum absolute atomic E-state index is 0.0424. The average Bonchev–Trinajstić information content (AvgIpc) is 3.01. The van der Waals surface area contributed by atoms with E-state index in [1.54, 1.807) is 0 Å². The Kier molecular flexibility index (Phi) is 4.64. The van der Waals surface area contributed by atoms with E-state index >= 15 is 0 Å². The maximum atomic E-state index is 12.2. The molecule has 0 saturated carbocycles. The van der Waals surface area contributed by atoms with E-state index in [0.717, 1.165) is 27.0 Å². The van der Waals surface area contributed by atoms with E-state index in [1.807, 2.05) is 50.2 Å². The van der Waals surface area contributed by atoms with Crippen LogP contribution in [0.3, 0.4) is 0 Å². The summed E-state index contributed by atoms with van der Waals surface area (Å²) >= 11 is 1.45. The van der Waals surface area contributed by atoms with E-state index in [2.05, 4.69) is 15.7 Å². The smallest absolute Gasteiger partial charge is 0.262 e. The maximum absolute atomic E-state index is 12.2. The maximum Gasteiger partial charge on any atom is 0.262 e. The molecule has 0 unspecified atom stereocenters. The number of benzene rings is 2. The second-order valence-corrected chi connectivity index (χ2v) is 6.35. The number of hydrogen-bond donors (Lipinski definition) is 3. The van der Waals surface area contributed by atoms with Gasteiger partial charge in [0.1, 0.15) is 5.75 Å². The molecule has 0 aliphatic rings. The van der Waals surface area contributed by atoms with Crippen molar-refractivity contribution < 1.29 is 9.53 Å². The van der Waals surface area contributed by atoms with Gasteiger partial charge < -0.3 is 10.1 Å². The molecular formula is C17H18N4O2S. The molecule has 1 amide bonds. The van der Waals surface area contributed by atoms with Gasteiger partial charge in [-0.05, 0) is 43.2 Å². The third-order valence-electron chi connectivity index (χ3n) is 3.62. The molecule has 24 heavy (non-hydrogen) atoms. The number of aryl methyl sites for hydroxylation is 2. The predicted octanol–water partition coefficient (Wildman–Crippen LogP) is 3.22. The van der Waals surface area contributed by atoms with Crippen LogP contribution < -0.4 is 21.3 Å². The highest BCUT2D eigenvalue weighted by Crippen LogP contribution is 2.34. The number of nitrogen functional groups attached to an aromatic ring is 1. The first kappa shape index (κ1) is 16.2. The van der Waals surface area contributed by atoms with Crippen molar-refractivity contribution in [3.05, 3.63) is 47.5 Å². The van der Waals surface area contributed by atoms with Gasteiger partial charge in [0.15, 0.2) is 11.7 Å². The van der Waals surface area contributed by atoms with Crippen molar-refractivity contribution in [3.8, 4) is 5.75 Å². The zero-order valence-corrected chi connectivity index (χ0v) is 14.2. The molecule has 0 spiro atoms. The summed E-state index contributed by atoms with van der Waals surface area (Å²) in [6.07, 6.45) is 0. The Morgan fingerprint density at radius 2 is 2.04 bits per heavy atom. The fraction of sp³-hybridized carbons (Fsp3) is 0.176. The van der Waals surface area contributed by atoms with Crippen LogP contribution in [0.2, 0.25) is 0 Å². The molecule has 1 heterocycles. The fourth-order valence-electron chi connectivity index (χ4n) is 2.48.